The van der Waals surface area contributed by atoms with E-state index in [1.807, 2.05) is 24.3 Å². The molecule has 0 saturated carbocycles. The van der Waals surface area contributed by atoms with Gasteiger partial charge in [-0.05, 0) is 36.4 Å². The van der Waals surface area contributed by atoms with Gasteiger partial charge in [0.1, 0.15) is 11.6 Å². The van der Waals surface area contributed by atoms with Gasteiger partial charge in [-0.2, -0.15) is 0 Å². The molecule has 0 fully saturated rings. The summed E-state index contributed by atoms with van der Waals surface area (Å²) in [5.74, 6) is -1.41. The van der Waals surface area contributed by atoms with Crippen molar-refractivity contribution in [1.29, 1.82) is 0 Å². The largest absolute Gasteiger partial charge is 0.451 e. The highest BCUT2D eigenvalue weighted by atomic mass is 32.1. The van der Waals surface area contributed by atoms with Crippen molar-refractivity contribution in [1.82, 2.24) is 19.9 Å². The third kappa shape index (κ3) is 4.53. The topological polar surface area (TPSA) is 72.8 Å². The van der Waals surface area contributed by atoms with Crippen molar-refractivity contribution in [3.8, 4) is 33.2 Å². The third-order valence-corrected chi connectivity index (χ3v) is 5.61. The van der Waals surface area contributed by atoms with Crippen molar-refractivity contribution in [2.75, 3.05) is 5.32 Å². The van der Waals surface area contributed by atoms with E-state index >= 15 is 0 Å². The molecule has 5 aromatic rings. The molecule has 5 rings (SSSR count). The SMILES string of the molecule is Fc1cccc(F)c1Oc1ccnc(Nc2nc(-c3cccnc3)c(-c3cccnc3)s2)c1. The molecule has 4 aromatic heterocycles. The van der Waals surface area contributed by atoms with E-state index in [0.717, 1.165) is 33.8 Å². The first-order chi connectivity index (χ1) is 16.2. The van der Waals surface area contributed by atoms with E-state index in [1.165, 1.54) is 29.7 Å². The Morgan fingerprint density at radius 3 is 2.24 bits per heavy atom. The smallest absolute Gasteiger partial charge is 0.198 e. The molecule has 0 bridgehead atoms. The van der Waals surface area contributed by atoms with Crippen LogP contribution in [-0.4, -0.2) is 19.9 Å². The molecule has 0 aliphatic carbocycles. The Labute approximate surface area is 191 Å². The van der Waals surface area contributed by atoms with Gasteiger partial charge in [0.15, 0.2) is 22.5 Å². The van der Waals surface area contributed by atoms with Crippen LogP contribution >= 0.6 is 11.3 Å². The van der Waals surface area contributed by atoms with Gasteiger partial charge >= 0.3 is 0 Å². The second-order valence-corrected chi connectivity index (χ2v) is 7.83. The summed E-state index contributed by atoms with van der Waals surface area (Å²) < 4.78 is 33.3. The van der Waals surface area contributed by atoms with Crippen LogP contribution in [0.15, 0.2) is 85.6 Å². The van der Waals surface area contributed by atoms with Gasteiger partial charge in [0.2, 0.25) is 0 Å². The van der Waals surface area contributed by atoms with Crippen LogP contribution in [0.1, 0.15) is 0 Å². The fourth-order valence-corrected chi connectivity index (χ4v) is 4.10. The van der Waals surface area contributed by atoms with E-state index in [-0.39, 0.29) is 5.75 Å². The Morgan fingerprint density at radius 2 is 1.55 bits per heavy atom. The highest BCUT2D eigenvalue weighted by molar-refractivity contribution is 7.19. The Hall–Kier alpha value is -4.24. The van der Waals surface area contributed by atoms with E-state index in [0.29, 0.717) is 10.9 Å². The Kier molecular flexibility index (Phi) is 5.69. The summed E-state index contributed by atoms with van der Waals surface area (Å²) in [4.78, 5) is 18.3. The van der Waals surface area contributed by atoms with Crippen molar-refractivity contribution >= 4 is 22.3 Å². The minimum atomic E-state index is -0.788. The summed E-state index contributed by atoms with van der Waals surface area (Å²) in [5.41, 5.74) is 2.53. The van der Waals surface area contributed by atoms with Crippen LogP contribution in [0.3, 0.4) is 0 Å². The van der Waals surface area contributed by atoms with Gasteiger partial charge in [-0.3, -0.25) is 9.97 Å². The molecule has 0 amide bonds. The molecule has 0 saturated heterocycles. The fraction of sp³-hybridized carbons (Fsp3) is 0. The van der Waals surface area contributed by atoms with Crippen LogP contribution in [0.2, 0.25) is 0 Å². The van der Waals surface area contributed by atoms with E-state index in [9.17, 15) is 8.78 Å². The molecule has 6 nitrogen and oxygen atoms in total. The number of ether oxygens (including phenoxy) is 1. The molecule has 0 spiro atoms. The lowest BCUT2D eigenvalue weighted by atomic mass is 10.1. The lowest BCUT2D eigenvalue weighted by Gasteiger charge is -2.09. The summed E-state index contributed by atoms with van der Waals surface area (Å²) in [6.07, 6.45) is 8.41. The van der Waals surface area contributed by atoms with Gasteiger partial charge in [-0.1, -0.05) is 23.5 Å². The van der Waals surface area contributed by atoms with Gasteiger partial charge < -0.3 is 10.1 Å². The molecule has 0 aliphatic rings. The van der Waals surface area contributed by atoms with Crippen LogP contribution in [0.4, 0.5) is 19.7 Å². The maximum absolute atomic E-state index is 13.9. The number of aromatic nitrogens is 4. The number of hydrogen-bond acceptors (Lipinski definition) is 7. The van der Waals surface area contributed by atoms with Crippen molar-refractivity contribution < 1.29 is 13.5 Å². The van der Waals surface area contributed by atoms with Crippen LogP contribution in [0.5, 0.6) is 11.5 Å². The van der Waals surface area contributed by atoms with Gasteiger partial charge in [-0.15, -0.1) is 0 Å². The number of nitrogens with zero attached hydrogens (tertiary/aromatic N) is 4. The third-order valence-electron chi connectivity index (χ3n) is 4.59. The predicted octanol–water partition coefficient (Wildman–Crippen LogP) is 6.48. The Morgan fingerprint density at radius 1 is 0.818 bits per heavy atom. The average Bonchev–Trinajstić information content (AvgIpc) is 3.27. The standard InChI is InChI=1S/C24H15F2N5OS/c25-18-6-1-7-19(26)22(18)32-17-8-11-29-20(12-17)30-24-31-21(15-4-2-9-27-13-15)23(33-24)16-5-3-10-28-14-16/h1-14H,(H,29,30,31). The molecule has 0 radical (unpaired) electrons. The first-order valence-electron chi connectivity index (χ1n) is 9.84. The lowest BCUT2D eigenvalue weighted by molar-refractivity contribution is 0.407. The van der Waals surface area contributed by atoms with Crippen LogP contribution in [-0.2, 0) is 0 Å². The van der Waals surface area contributed by atoms with Gasteiger partial charge in [-0.25, -0.2) is 18.7 Å². The highest BCUT2D eigenvalue weighted by Crippen LogP contribution is 2.39. The second kappa shape index (κ2) is 9.09. The summed E-state index contributed by atoms with van der Waals surface area (Å²) in [6.45, 7) is 0. The monoisotopic (exact) mass is 459 g/mol. The molecule has 1 aromatic carbocycles. The molecule has 0 atom stereocenters. The zero-order valence-electron chi connectivity index (χ0n) is 16.9. The number of halogens is 2. The summed E-state index contributed by atoms with van der Waals surface area (Å²) in [6, 6.07) is 14.2. The summed E-state index contributed by atoms with van der Waals surface area (Å²) in [7, 11) is 0. The van der Waals surface area contributed by atoms with E-state index in [1.54, 1.807) is 30.9 Å². The van der Waals surface area contributed by atoms with Gasteiger partial charge in [0, 0.05) is 48.2 Å². The van der Waals surface area contributed by atoms with E-state index < -0.39 is 17.4 Å². The van der Waals surface area contributed by atoms with Crippen LogP contribution < -0.4 is 10.1 Å². The fourth-order valence-electron chi connectivity index (χ4n) is 3.12. The number of thiazole rings is 1. The van der Waals surface area contributed by atoms with Crippen LogP contribution in [0, 0.1) is 11.6 Å². The van der Waals surface area contributed by atoms with Crippen LogP contribution in [0.25, 0.3) is 21.7 Å². The zero-order valence-corrected chi connectivity index (χ0v) is 17.8. The molecule has 9 heteroatoms. The first kappa shape index (κ1) is 20.7. The molecule has 33 heavy (non-hydrogen) atoms. The molecule has 0 aliphatic heterocycles. The molecule has 162 valence electrons. The van der Waals surface area contributed by atoms with Gasteiger partial charge in [0.05, 0.1) is 10.6 Å². The number of benzene rings is 1. The Bertz CT molecular complexity index is 1320. The zero-order chi connectivity index (χ0) is 22.6. The molecule has 0 unspecified atom stereocenters. The summed E-state index contributed by atoms with van der Waals surface area (Å²) >= 11 is 1.43. The van der Waals surface area contributed by atoms with Gasteiger partial charge in [0.25, 0.3) is 0 Å². The summed E-state index contributed by atoms with van der Waals surface area (Å²) in [5, 5.41) is 3.73. The number of anilines is 2. The molecular formula is C24H15F2N5OS. The Balaban J connectivity index is 1.46. The van der Waals surface area contributed by atoms with E-state index in [2.05, 4.69) is 20.3 Å². The molecular weight excluding hydrogens is 444 g/mol. The van der Waals surface area contributed by atoms with Crippen molar-refractivity contribution in [2.24, 2.45) is 0 Å². The quantitative estimate of drug-likeness (QED) is 0.313. The number of pyridine rings is 3. The lowest BCUT2D eigenvalue weighted by Crippen LogP contribution is -1.96. The first-order valence-corrected chi connectivity index (χ1v) is 10.7. The second-order valence-electron chi connectivity index (χ2n) is 6.83. The maximum atomic E-state index is 13.9. The van der Waals surface area contributed by atoms with Crippen molar-refractivity contribution in [3.05, 3.63) is 97.2 Å². The average molecular weight is 459 g/mol. The molecule has 1 N–H and O–H groups in total. The van der Waals surface area contributed by atoms with E-state index in [4.69, 9.17) is 9.72 Å². The number of rotatable bonds is 6. The normalized spacial score (nSPS) is 10.7. The minimum Gasteiger partial charge on any atom is -0.451 e. The van der Waals surface area contributed by atoms with Crippen molar-refractivity contribution in [3.63, 3.8) is 0 Å². The minimum absolute atomic E-state index is 0.230. The number of hydrogen-bond donors (Lipinski definition) is 1. The highest BCUT2D eigenvalue weighted by Gasteiger charge is 2.16. The van der Waals surface area contributed by atoms with Crippen molar-refractivity contribution in [2.45, 2.75) is 0 Å². The predicted molar refractivity (Wildman–Crippen MR) is 123 cm³/mol. The number of para-hydroxylation sites is 1. The number of nitrogens with one attached hydrogen (secondary N) is 1. The maximum Gasteiger partial charge on any atom is 0.198 e. The molecule has 4 heterocycles.